The number of hydrogen-bond acceptors (Lipinski definition) is 3. The number of fused-ring (bicyclic) bond motifs is 2. The van der Waals surface area contributed by atoms with Crippen LogP contribution in [0.3, 0.4) is 0 Å². The summed E-state index contributed by atoms with van der Waals surface area (Å²) in [5.74, 6) is 1.99. The summed E-state index contributed by atoms with van der Waals surface area (Å²) in [7, 11) is 0. The molecule has 138 valence electrons. The lowest BCUT2D eigenvalue weighted by molar-refractivity contribution is 0.306. The molecule has 3 nitrogen and oxygen atoms in total. The molecule has 5 aromatic rings. The summed E-state index contributed by atoms with van der Waals surface area (Å²) in [6.07, 6.45) is 0.919. The van der Waals surface area contributed by atoms with E-state index in [0.717, 1.165) is 35.4 Å². The van der Waals surface area contributed by atoms with Crippen LogP contribution in [0.2, 0.25) is 0 Å². The number of aromatic nitrogens is 2. The molecular weight excluding hydrogens is 364 g/mol. The Hall–Kier alpha value is -3.11. The van der Waals surface area contributed by atoms with E-state index in [0.29, 0.717) is 6.61 Å². The van der Waals surface area contributed by atoms with Crippen molar-refractivity contribution in [1.29, 1.82) is 0 Å². The molecule has 2 aromatic heterocycles. The van der Waals surface area contributed by atoms with E-state index in [4.69, 9.17) is 9.72 Å². The van der Waals surface area contributed by atoms with E-state index in [-0.39, 0.29) is 0 Å². The predicted molar refractivity (Wildman–Crippen MR) is 117 cm³/mol. The van der Waals surface area contributed by atoms with Gasteiger partial charge in [-0.2, -0.15) is 0 Å². The highest BCUT2D eigenvalue weighted by molar-refractivity contribution is 7.13. The minimum atomic E-state index is 0.671. The highest BCUT2D eigenvalue weighted by atomic mass is 32.1. The molecule has 0 saturated carbocycles. The van der Waals surface area contributed by atoms with E-state index in [1.54, 1.807) is 11.3 Å². The Balaban J connectivity index is 1.36. The second kappa shape index (κ2) is 7.49. The molecule has 0 aliphatic carbocycles. The fourth-order valence-electron chi connectivity index (χ4n) is 3.62. The van der Waals surface area contributed by atoms with Crippen LogP contribution in [0.5, 0.6) is 5.75 Å². The monoisotopic (exact) mass is 384 g/mol. The molecule has 0 fully saturated rings. The maximum Gasteiger partial charge on any atom is 0.151 e. The van der Waals surface area contributed by atoms with Gasteiger partial charge in [-0.1, -0.05) is 54.6 Å². The van der Waals surface area contributed by atoms with Gasteiger partial charge in [0, 0.05) is 11.9 Å². The van der Waals surface area contributed by atoms with Crippen LogP contribution in [0.25, 0.3) is 32.5 Å². The van der Waals surface area contributed by atoms with Crippen molar-refractivity contribution in [3.05, 3.63) is 84.2 Å². The number of thiophene rings is 1. The van der Waals surface area contributed by atoms with Crippen molar-refractivity contribution in [2.75, 3.05) is 6.61 Å². The standard InChI is InChI=1S/C24H20N2OS/c1-2-10-19-18(8-1)9-5-13-22(19)27-16-7-15-26-21-12-4-3-11-20(21)25-24(26)23-14-6-17-28-23/h1-6,8-14,17H,7,15-16H2. The third-order valence-corrected chi connectivity index (χ3v) is 5.80. The van der Waals surface area contributed by atoms with E-state index >= 15 is 0 Å². The van der Waals surface area contributed by atoms with Gasteiger partial charge in [0.25, 0.3) is 0 Å². The number of benzene rings is 3. The molecule has 0 saturated heterocycles. The van der Waals surface area contributed by atoms with Crippen molar-refractivity contribution in [2.45, 2.75) is 13.0 Å². The van der Waals surface area contributed by atoms with Crippen molar-refractivity contribution in [1.82, 2.24) is 9.55 Å². The van der Waals surface area contributed by atoms with Gasteiger partial charge in [-0.3, -0.25) is 0 Å². The third kappa shape index (κ3) is 3.16. The summed E-state index contributed by atoms with van der Waals surface area (Å²) in [6.45, 7) is 1.54. The molecule has 28 heavy (non-hydrogen) atoms. The van der Waals surface area contributed by atoms with Gasteiger partial charge in [0.2, 0.25) is 0 Å². The van der Waals surface area contributed by atoms with Gasteiger partial charge in [-0.05, 0) is 41.5 Å². The largest absolute Gasteiger partial charge is 0.493 e. The zero-order valence-corrected chi connectivity index (χ0v) is 16.2. The lowest BCUT2D eigenvalue weighted by Crippen LogP contribution is -2.06. The van der Waals surface area contributed by atoms with Crippen LogP contribution in [0.1, 0.15) is 6.42 Å². The van der Waals surface area contributed by atoms with Crippen LogP contribution in [0.15, 0.2) is 84.2 Å². The molecule has 0 spiro atoms. The molecule has 0 N–H and O–H groups in total. The fraction of sp³-hybridized carbons (Fsp3) is 0.125. The van der Waals surface area contributed by atoms with E-state index < -0.39 is 0 Å². The van der Waals surface area contributed by atoms with Crippen LogP contribution in [-0.2, 0) is 6.54 Å². The number of imidazole rings is 1. The normalized spacial score (nSPS) is 11.3. The van der Waals surface area contributed by atoms with Gasteiger partial charge in [-0.15, -0.1) is 11.3 Å². The molecule has 3 aromatic carbocycles. The van der Waals surface area contributed by atoms with Gasteiger partial charge in [0.1, 0.15) is 5.75 Å². The molecule has 0 atom stereocenters. The highest BCUT2D eigenvalue weighted by Crippen LogP contribution is 2.29. The van der Waals surface area contributed by atoms with Crippen LogP contribution in [-0.4, -0.2) is 16.2 Å². The number of hydrogen-bond donors (Lipinski definition) is 0. The van der Waals surface area contributed by atoms with Gasteiger partial charge in [0.05, 0.1) is 22.5 Å². The minimum Gasteiger partial charge on any atom is -0.493 e. The van der Waals surface area contributed by atoms with Crippen molar-refractivity contribution in [3.63, 3.8) is 0 Å². The second-order valence-electron chi connectivity index (χ2n) is 6.73. The smallest absolute Gasteiger partial charge is 0.151 e. The Morgan fingerprint density at radius 3 is 2.64 bits per heavy atom. The van der Waals surface area contributed by atoms with Gasteiger partial charge in [0.15, 0.2) is 5.82 Å². The Bertz CT molecular complexity index is 1220. The number of para-hydroxylation sites is 2. The fourth-order valence-corrected chi connectivity index (χ4v) is 4.34. The second-order valence-corrected chi connectivity index (χ2v) is 7.68. The first-order valence-electron chi connectivity index (χ1n) is 9.50. The van der Waals surface area contributed by atoms with E-state index in [9.17, 15) is 0 Å². The molecule has 0 aliphatic rings. The Morgan fingerprint density at radius 1 is 0.857 bits per heavy atom. The van der Waals surface area contributed by atoms with Gasteiger partial charge >= 0.3 is 0 Å². The number of ether oxygens (including phenoxy) is 1. The summed E-state index contributed by atoms with van der Waals surface area (Å²) in [4.78, 5) is 6.07. The predicted octanol–water partition coefficient (Wildman–Crippen LogP) is 6.39. The van der Waals surface area contributed by atoms with E-state index in [1.807, 2.05) is 12.1 Å². The van der Waals surface area contributed by atoms with Crippen LogP contribution < -0.4 is 4.74 Å². The summed E-state index contributed by atoms with van der Waals surface area (Å²) in [5, 5.41) is 4.47. The first-order valence-corrected chi connectivity index (χ1v) is 10.4. The molecule has 0 bridgehead atoms. The average Bonchev–Trinajstić information content (AvgIpc) is 3.39. The Labute approximate surface area is 167 Å². The first-order chi connectivity index (χ1) is 13.9. The number of rotatable bonds is 6. The van der Waals surface area contributed by atoms with E-state index in [1.165, 1.54) is 15.8 Å². The topological polar surface area (TPSA) is 27.1 Å². The quantitative estimate of drug-likeness (QED) is 0.317. The van der Waals surface area contributed by atoms with Crippen molar-refractivity contribution in [3.8, 4) is 16.5 Å². The Kier molecular flexibility index (Phi) is 4.55. The molecule has 0 amide bonds. The maximum absolute atomic E-state index is 6.13. The summed E-state index contributed by atoms with van der Waals surface area (Å²) < 4.78 is 8.44. The Morgan fingerprint density at radius 2 is 1.71 bits per heavy atom. The number of aryl methyl sites for hydroxylation is 1. The van der Waals surface area contributed by atoms with E-state index in [2.05, 4.69) is 76.7 Å². The lowest BCUT2D eigenvalue weighted by atomic mass is 10.1. The molecule has 4 heteroatoms. The summed E-state index contributed by atoms with van der Waals surface area (Å²) >= 11 is 1.73. The molecular formula is C24H20N2OS. The SMILES string of the molecule is c1csc(-c2nc3ccccc3n2CCCOc2cccc3ccccc23)c1. The minimum absolute atomic E-state index is 0.671. The van der Waals surface area contributed by atoms with Crippen LogP contribution >= 0.6 is 11.3 Å². The maximum atomic E-state index is 6.13. The molecule has 0 aliphatic heterocycles. The van der Waals surface area contributed by atoms with Crippen LogP contribution in [0, 0.1) is 0 Å². The number of nitrogens with zero attached hydrogens (tertiary/aromatic N) is 2. The molecule has 0 unspecified atom stereocenters. The van der Waals surface area contributed by atoms with Crippen molar-refractivity contribution >= 4 is 33.1 Å². The summed E-state index contributed by atoms with van der Waals surface area (Å²) in [5.41, 5.74) is 2.22. The zero-order chi connectivity index (χ0) is 18.8. The van der Waals surface area contributed by atoms with Crippen LogP contribution in [0.4, 0.5) is 0 Å². The first kappa shape index (κ1) is 17.0. The molecule has 2 heterocycles. The van der Waals surface area contributed by atoms with Crippen molar-refractivity contribution in [2.24, 2.45) is 0 Å². The van der Waals surface area contributed by atoms with Gasteiger partial charge < -0.3 is 9.30 Å². The third-order valence-electron chi connectivity index (χ3n) is 4.93. The zero-order valence-electron chi connectivity index (χ0n) is 15.4. The molecule has 0 radical (unpaired) electrons. The lowest BCUT2D eigenvalue weighted by Gasteiger charge is -2.11. The average molecular weight is 385 g/mol. The molecule has 5 rings (SSSR count). The highest BCUT2D eigenvalue weighted by Gasteiger charge is 2.13. The summed E-state index contributed by atoms with van der Waals surface area (Å²) in [6, 6.07) is 27.1. The van der Waals surface area contributed by atoms with Gasteiger partial charge in [-0.25, -0.2) is 4.98 Å². The van der Waals surface area contributed by atoms with Crippen molar-refractivity contribution < 1.29 is 4.74 Å².